The second-order valence-corrected chi connectivity index (χ2v) is 5.24. The minimum atomic E-state index is -0.771. The molecule has 0 radical (unpaired) electrons. The number of aryl methyl sites for hydroxylation is 1. The van der Waals surface area contributed by atoms with Gasteiger partial charge >= 0.3 is 5.97 Å². The average Bonchev–Trinajstić information content (AvgIpc) is 2.84. The number of aliphatic carboxylic acids is 1. The first-order valence-electron chi connectivity index (χ1n) is 7.18. The Kier molecular flexibility index (Phi) is 5.07. The Bertz CT molecular complexity index is 620. The summed E-state index contributed by atoms with van der Waals surface area (Å²) in [5, 5.41) is 8.94. The number of carbonyl (C=O) groups is 1. The van der Waals surface area contributed by atoms with E-state index in [-0.39, 0.29) is 18.8 Å². The van der Waals surface area contributed by atoms with Crippen molar-refractivity contribution in [3.63, 3.8) is 0 Å². The Morgan fingerprint density at radius 1 is 1.19 bits per heavy atom. The van der Waals surface area contributed by atoms with Crippen molar-refractivity contribution in [1.82, 2.24) is 9.55 Å². The van der Waals surface area contributed by atoms with Crippen molar-refractivity contribution in [2.75, 3.05) is 18.0 Å². The second-order valence-electron chi connectivity index (χ2n) is 5.24. The first-order valence-corrected chi connectivity index (χ1v) is 7.18. The molecule has 0 spiro atoms. The van der Waals surface area contributed by atoms with Gasteiger partial charge in [-0.2, -0.15) is 0 Å². The molecule has 1 aromatic heterocycles. The predicted octanol–water partition coefficient (Wildman–Crippen LogP) is 2.92. The van der Waals surface area contributed by atoms with Crippen molar-refractivity contribution in [1.29, 1.82) is 0 Å². The maximum absolute atomic E-state index is 10.9. The van der Waals surface area contributed by atoms with Gasteiger partial charge in [0, 0.05) is 19.6 Å². The van der Waals surface area contributed by atoms with Crippen LogP contribution in [0.5, 0.6) is 0 Å². The molecule has 0 aliphatic carbocycles. The maximum atomic E-state index is 10.9. The summed E-state index contributed by atoms with van der Waals surface area (Å²) in [5.41, 5.74) is 1.97. The highest BCUT2D eigenvalue weighted by atomic mass is 35.5. The Balaban J connectivity index is 0.00000161. The van der Waals surface area contributed by atoms with E-state index in [4.69, 9.17) is 10.1 Å². The average molecular weight is 310 g/mol. The molecule has 21 heavy (non-hydrogen) atoms. The topological polar surface area (TPSA) is 58.4 Å². The summed E-state index contributed by atoms with van der Waals surface area (Å²) >= 11 is 0. The molecule has 114 valence electrons. The van der Waals surface area contributed by atoms with Crippen molar-refractivity contribution in [3.05, 3.63) is 24.3 Å². The summed E-state index contributed by atoms with van der Waals surface area (Å²) in [7, 11) is 0. The number of fused-ring (bicyclic) bond motifs is 1. The number of carboxylic acid groups (broad SMARTS) is 1. The fourth-order valence-electron chi connectivity index (χ4n) is 2.83. The molecule has 0 saturated carbocycles. The van der Waals surface area contributed by atoms with Crippen LogP contribution in [0.1, 0.15) is 25.7 Å². The van der Waals surface area contributed by atoms with Gasteiger partial charge in [0.15, 0.2) is 0 Å². The van der Waals surface area contributed by atoms with Gasteiger partial charge in [-0.1, -0.05) is 12.1 Å². The van der Waals surface area contributed by atoms with E-state index >= 15 is 0 Å². The summed E-state index contributed by atoms with van der Waals surface area (Å²) in [6.07, 6.45) is 3.76. The van der Waals surface area contributed by atoms with Crippen molar-refractivity contribution >= 4 is 35.4 Å². The van der Waals surface area contributed by atoms with E-state index in [9.17, 15) is 4.79 Å². The number of aromatic nitrogens is 2. The van der Waals surface area contributed by atoms with Crippen LogP contribution in [-0.2, 0) is 11.3 Å². The van der Waals surface area contributed by atoms with Crippen molar-refractivity contribution in [2.24, 2.45) is 0 Å². The van der Waals surface area contributed by atoms with Gasteiger partial charge in [-0.3, -0.25) is 4.79 Å². The summed E-state index contributed by atoms with van der Waals surface area (Å²) < 4.78 is 2.05. The molecule has 1 aliphatic rings. The van der Waals surface area contributed by atoms with Crippen molar-refractivity contribution in [2.45, 2.75) is 32.2 Å². The Morgan fingerprint density at radius 2 is 1.90 bits per heavy atom. The standard InChI is InChI=1S/C15H19N3O2.ClH/c19-14(20)8-11-18-13-7-3-2-6-12(13)16-15(18)17-9-4-1-5-10-17;/h2-3,6-7H,1,4-5,8-11H2,(H,19,20);1H. The zero-order valence-corrected chi connectivity index (χ0v) is 12.7. The van der Waals surface area contributed by atoms with Gasteiger partial charge in [-0.05, 0) is 31.4 Å². The molecular formula is C15H20ClN3O2. The first kappa shape index (κ1) is 15.6. The number of hydrogen-bond donors (Lipinski definition) is 1. The minimum Gasteiger partial charge on any atom is -0.481 e. The number of carboxylic acids is 1. The third-order valence-electron chi connectivity index (χ3n) is 3.82. The molecule has 1 aromatic carbocycles. The lowest BCUT2D eigenvalue weighted by molar-refractivity contribution is -0.137. The maximum Gasteiger partial charge on any atom is 0.305 e. The lowest BCUT2D eigenvalue weighted by atomic mass is 10.1. The zero-order chi connectivity index (χ0) is 13.9. The van der Waals surface area contributed by atoms with Gasteiger partial charge in [0.2, 0.25) is 5.95 Å². The van der Waals surface area contributed by atoms with Crippen LogP contribution in [0, 0.1) is 0 Å². The quantitative estimate of drug-likeness (QED) is 0.943. The van der Waals surface area contributed by atoms with E-state index < -0.39 is 5.97 Å². The van der Waals surface area contributed by atoms with Crippen LogP contribution in [0.3, 0.4) is 0 Å². The molecule has 2 aromatic rings. The van der Waals surface area contributed by atoms with Gasteiger partial charge < -0.3 is 14.6 Å². The number of hydrogen-bond acceptors (Lipinski definition) is 3. The lowest BCUT2D eigenvalue weighted by Gasteiger charge is -2.28. The largest absolute Gasteiger partial charge is 0.481 e. The molecule has 1 N–H and O–H groups in total. The fourth-order valence-corrected chi connectivity index (χ4v) is 2.83. The van der Waals surface area contributed by atoms with Gasteiger partial charge in [-0.25, -0.2) is 4.98 Å². The number of para-hydroxylation sites is 2. The van der Waals surface area contributed by atoms with Crippen LogP contribution in [0.2, 0.25) is 0 Å². The van der Waals surface area contributed by atoms with Crippen LogP contribution >= 0.6 is 12.4 Å². The molecule has 0 bridgehead atoms. The molecule has 3 rings (SSSR count). The van der Waals surface area contributed by atoms with Gasteiger partial charge in [0.25, 0.3) is 0 Å². The highest BCUT2D eigenvalue weighted by molar-refractivity contribution is 5.85. The monoisotopic (exact) mass is 309 g/mol. The van der Waals surface area contributed by atoms with E-state index in [0.717, 1.165) is 30.1 Å². The lowest BCUT2D eigenvalue weighted by Crippen LogP contribution is -2.32. The molecule has 0 unspecified atom stereocenters. The minimum absolute atomic E-state index is 0. The van der Waals surface area contributed by atoms with Crippen LogP contribution in [0.4, 0.5) is 5.95 Å². The summed E-state index contributed by atoms with van der Waals surface area (Å²) in [6, 6.07) is 7.94. The number of anilines is 1. The molecule has 2 heterocycles. The van der Waals surface area contributed by atoms with E-state index in [1.807, 2.05) is 24.3 Å². The normalized spacial score (nSPS) is 15.0. The SMILES string of the molecule is Cl.O=C(O)CCn1c(N2CCCCC2)nc2ccccc21. The van der Waals surface area contributed by atoms with Crippen molar-refractivity contribution < 1.29 is 9.90 Å². The van der Waals surface area contributed by atoms with E-state index in [1.54, 1.807) is 0 Å². The third-order valence-corrected chi connectivity index (χ3v) is 3.82. The number of benzene rings is 1. The zero-order valence-electron chi connectivity index (χ0n) is 11.9. The van der Waals surface area contributed by atoms with E-state index in [2.05, 4.69) is 9.47 Å². The Morgan fingerprint density at radius 3 is 2.62 bits per heavy atom. The smallest absolute Gasteiger partial charge is 0.305 e. The number of imidazole rings is 1. The van der Waals surface area contributed by atoms with Crippen LogP contribution in [0.25, 0.3) is 11.0 Å². The molecule has 1 fully saturated rings. The van der Waals surface area contributed by atoms with Gasteiger partial charge in [0.05, 0.1) is 17.5 Å². The van der Waals surface area contributed by atoms with Crippen LogP contribution in [0.15, 0.2) is 24.3 Å². The molecule has 5 nitrogen and oxygen atoms in total. The Labute approximate surface area is 130 Å². The highest BCUT2D eigenvalue weighted by Crippen LogP contribution is 2.25. The number of halogens is 1. The summed E-state index contributed by atoms with van der Waals surface area (Å²) in [5.74, 6) is 0.152. The molecule has 6 heteroatoms. The highest BCUT2D eigenvalue weighted by Gasteiger charge is 2.19. The molecular weight excluding hydrogens is 290 g/mol. The van der Waals surface area contributed by atoms with Crippen LogP contribution in [-0.4, -0.2) is 33.7 Å². The van der Waals surface area contributed by atoms with Gasteiger partial charge in [-0.15, -0.1) is 12.4 Å². The van der Waals surface area contributed by atoms with E-state index in [1.165, 1.54) is 19.3 Å². The Hall–Kier alpha value is -1.75. The molecule has 1 saturated heterocycles. The second kappa shape index (κ2) is 6.80. The van der Waals surface area contributed by atoms with Crippen LogP contribution < -0.4 is 4.90 Å². The van der Waals surface area contributed by atoms with Gasteiger partial charge in [0.1, 0.15) is 0 Å². The summed E-state index contributed by atoms with van der Waals surface area (Å²) in [4.78, 5) is 17.9. The molecule has 0 atom stereocenters. The molecule has 1 aliphatic heterocycles. The first-order chi connectivity index (χ1) is 9.75. The number of nitrogens with zero attached hydrogens (tertiary/aromatic N) is 3. The predicted molar refractivity (Wildman–Crippen MR) is 85.3 cm³/mol. The van der Waals surface area contributed by atoms with E-state index in [0.29, 0.717) is 6.54 Å². The molecule has 0 amide bonds. The fraction of sp³-hybridized carbons (Fsp3) is 0.467. The number of piperidine rings is 1. The number of rotatable bonds is 4. The van der Waals surface area contributed by atoms with Crippen molar-refractivity contribution in [3.8, 4) is 0 Å². The third kappa shape index (κ3) is 3.29. The summed E-state index contributed by atoms with van der Waals surface area (Å²) in [6.45, 7) is 2.49.